The van der Waals surface area contributed by atoms with Crippen LogP contribution in [0.5, 0.6) is 0 Å². The summed E-state index contributed by atoms with van der Waals surface area (Å²) in [5.41, 5.74) is 1.84. The van der Waals surface area contributed by atoms with Gasteiger partial charge in [-0.2, -0.15) is 0 Å². The first kappa shape index (κ1) is 24.3. The lowest BCUT2D eigenvalue weighted by Gasteiger charge is -2.22. The molecule has 0 atom stereocenters. The average molecular weight is 558 g/mol. The molecule has 0 aromatic heterocycles. The van der Waals surface area contributed by atoms with Crippen LogP contribution in [-0.2, 0) is 20.0 Å². The number of hydrogen-bond acceptors (Lipinski definition) is 5. The molecule has 0 radical (unpaired) electrons. The Hall–Kier alpha value is -3.37. The van der Waals surface area contributed by atoms with Crippen molar-refractivity contribution in [3.63, 3.8) is 0 Å². The van der Waals surface area contributed by atoms with Crippen LogP contribution in [0.2, 0.25) is 10.0 Å². The minimum absolute atomic E-state index is 0.108. The van der Waals surface area contributed by atoms with Gasteiger partial charge in [0.2, 0.25) is 0 Å². The van der Waals surface area contributed by atoms with E-state index < -0.39 is 25.8 Å². The van der Waals surface area contributed by atoms with Crippen molar-refractivity contribution in [3.05, 3.63) is 111 Å². The van der Waals surface area contributed by atoms with Gasteiger partial charge in [0.15, 0.2) is 5.78 Å². The highest BCUT2D eigenvalue weighted by molar-refractivity contribution is 7.94. The Morgan fingerprint density at radius 1 is 0.611 bits per heavy atom. The van der Waals surface area contributed by atoms with E-state index >= 15 is 0 Å². The molecule has 36 heavy (non-hydrogen) atoms. The van der Waals surface area contributed by atoms with E-state index in [0.29, 0.717) is 26.9 Å². The number of rotatable bonds is 6. The van der Waals surface area contributed by atoms with Gasteiger partial charge in [-0.1, -0.05) is 47.5 Å². The smallest absolute Gasteiger partial charge is 0.261 e. The predicted molar refractivity (Wildman–Crippen MR) is 139 cm³/mol. The standard InChI is InChI=1S/C25H15Cl2N2O5S2/c26-15-1-5-17(6-2-15)28-35(31,32)19-9-11-21-22-12-10-20(14-24(22)25(30)23(21)13-19)36(33,34)29-18-7-3-16(27)4-8-18/h1-14,28H/q-1. The molecular formula is C25H15Cl2N2O5S2-. The lowest BCUT2D eigenvalue weighted by Crippen LogP contribution is -2.13. The summed E-state index contributed by atoms with van der Waals surface area (Å²) in [6.45, 7) is 0. The van der Waals surface area contributed by atoms with Crippen LogP contribution < -0.4 is 4.72 Å². The number of anilines is 1. The maximum atomic E-state index is 13.2. The average Bonchev–Trinajstić information content (AvgIpc) is 3.13. The van der Waals surface area contributed by atoms with Crippen molar-refractivity contribution < 1.29 is 21.6 Å². The third-order valence-corrected chi connectivity index (χ3v) is 8.70. The van der Waals surface area contributed by atoms with Gasteiger partial charge < -0.3 is 4.72 Å². The molecular weight excluding hydrogens is 543 g/mol. The zero-order chi connectivity index (χ0) is 25.7. The molecule has 0 fully saturated rings. The van der Waals surface area contributed by atoms with Crippen molar-refractivity contribution in [1.82, 2.24) is 0 Å². The van der Waals surface area contributed by atoms with Crippen molar-refractivity contribution in [2.45, 2.75) is 9.79 Å². The Bertz CT molecular complexity index is 1610. The fraction of sp³-hybridized carbons (Fsp3) is 0. The van der Waals surface area contributed by atoms with Crippen LogP contribution >= 0.6 is 23.2 Å². The van der Waals surface area contributed by atoms with Crippen molar-refractivity contribution in [2.24, 2.45) is 0 Å². The summed E-state index contributed by atoms with van der Waals surface area (Å²) < 4.78 is 57.7. The predicted octanol–water partition coefficient (Wildman–Crippen LogP) is 6.40. The molecule has 182 valence electrons. The van der Waals surface area contributed by atoms with Crippen molar-refractivity contribution in [2.75, 3.05) is 4.72 Å². The van der Waals surface area contributed by atoms with E-state index in [1.165, 1.54) is 72.8 Å². The van der Waals surface area contributed by atoms with E-state index in [0.717, 1.165) is 0 Å². The monoisotopic (exact) mass is 557 g/mol. The third kappa shape index (κ3) is 4.58. The van der Waals surface area contributed by atoms with Crippen molar-refractivity contribution in [3.8, 4) is 11.1 Å². The number of hydrogen-bond donors (Lipinski definition) is 1. The third-order valence-electron chi connectivity index (χ3n) is 5.52. The van der Waals surface area contributed by atoms with Crippen LogP contribution in [0.15, 0.2) is 94.7 Å². The van der Waals surface area contributed by atoms with Gasteiger partial charge in [0.25, 0.3) is 10.0 Å². The highest BCUT2D eigenvalue weighted by Gasteiger charge is 2.29. The maximum absolute atomic E-state index is 13.2. The molecule has 0 spiro atoms. The summed E-state index contributed by atoms with van der Waals surface area (Å²) in [6.07, 6.45) is 0. The molecule has 0 aliphatic heterocycles. The molecule has 0 bridgehead atoms. The Kier molecular flexibility index (Phi) is 6.04. The fourth-order valence-electron chi connectivity index (χ4n) is 3.79. The molecule has 0 unspecified atom stereocenters. The number of halogens is 2. The quantitative estimate of drug-likeness (QED) is 0.259. The van der Waals surface area contributed by atoms with Gasteiger partial charge >= 0.3 is 0 Å². The van der Waals surface area contributed by atoms with Crippen LogP contribution in [0.3, 0.4) is 0 Å². The van der Waals surface area contributed by atoms with E-state index in [2.05, 4.69) is 9.44 Å². The summed E-state index contributed by atoms with van der Waals surface area (Å²) in [6, 6.07) is 20.4. The number of benzene rings is 4. The van der Waals surface area contributed by atoms with E-state index in [4.69, 9.17) is 23.2 Å². The first-order valence-electron chi connectivity index (χ1n) is 10.4. The van der Waals surface area contributed by atoms with Gasteiger partial charge in [0, 0.05) is 26.9 Å². The molecule has 11 heteroatoms. The zero-order valence-corrected chi connectivity index (χ0v) is 21.3. The van der Waals surface area contributed by atoms with E-state index in [1.54, 1.807) is 12.1 Å². The number of sulfonamides is 2. The molecule has 7 nitrogen and oxygen atoms in total. The summed E-state index contributed by atoms with van der Waals surface area (Å²) in [4.78, 5) is 12.9. The fourth-order valence-corrected chi connectivity index (χ4v) is 6.14. The summed E-state index contributed by atoms with van der Waals surface area (Å²) >= 11 is 11.7. The Morgan fingerprint density at radius 3 is 1.69 bits per heavy atom. The second-order valence-corrected chi connectivity index (χ2v) is 12.1. The van der Waals surface area contributed by atoms with E-state index in [9.17, 15) is 21.6 Å². The number of carbonyl (C=O) groups is 1. The molecule has 4 aromatic rings. The molecule has 0 saturated heterocycles. The van der Waals surface area contributed by atoms with Gasteiger partial charge in [-0.15, -0.1) is 5.69 Å². The van der Waals surface area contributed by atoms with Crippen LogP contribution in [-0.4, -0.2) is 22.6 Å². The van der Waals surface area contributed by atoms with Gasteiger partial charge in [-0.3, -0.25) is 9.52 Å². The molecule has 0 heterocycles. The highest BCUT2D eigenvalue weighted by Crippen LogP contribution is 2.40. The number of ketones is 1. The van der Waals surface area contributed by atoms with Gasteiger partial charge in [-0.25, -0.2) is 16.8 Å². The first-order valence-corrected chi connectivity index (χ1v) is 14.1. The lowest BCUT2D eigenvalue weighted by atomic mass is 10.1. The van der Waals surface area contributed by atoms with Gasteiger partial charge in [0.1, 0.15) is 10.0 Å². The SMILES string of the molecule is O=C1c2cc(S(=O)(=O)[N-]c3ccc(Cl)cc3)ccc2-c2ccc(S(=O)(=O)Nc3ccc(Cl)cc3)cc21. The maximum Gasteiger partial charge on any atom is 0.261 e. The Balaban J connectivity index is 1.45. The van der Waals surface area contributed by atoms with E-state index in [1.807, 2.05) is 0 Å². The highest BCUT2D eigenvalue weighted by atomic mass is 35.5. The molecule has 1 aliphatic carbocycles. The minimum atomic E-state index is -4.11. The molecule has 1 aliphatic rings. The van der Waals surface area contributed by atoms with Gasteiger partial charge in [0.05, 0.1) is 9.79 Å². The zero-order valence-electron chi connectivity index (χ0n) is 18.1. The molecule has 5 rings (SSSR count). The lowest BCUT2D eigenvalue weighted by molar-refractivity contribution is 0.104. The second kappa shape index (κ2) is 8.94. The number of fused-ring (bicyclic) bond motifs is 3. The number of carbonyl (C=O) groups excluding carboxylic acids is 1. The summed E-state index contributed by atoms with van der Waals surface area (Å²) in [7, 11) is -8.11. The summed E-state index contributed by atoms with van der Waals surface area (Å²) in [5, 5.41) is 0.901. The van der Waals surface area contributed by atoms with Gasteiger partial charge in [-0.05, 0) is 71.8 Å². The molecule has 0 saturated carbocycles. The number of nitrogens with one attached hydrogen (secondary N) is 1. The Morgan fingerprint density at radius 2 is 1.11 bits per heavy atom. The van der Waals surface area contributed by atoms with E-state index in [-0.39, 0.29) is 26.6 Å². The molecule has 4 aromatic carbocycles. The normalized spacial score (nSPS) is 12.7. The minimum Gasteiger partial charge on any atom is -0.573 e. The molecule has 1 N–H and O–H groups in total. The van der Waals surface area contributed by atoms with Crippen molar-refractivity contribution in [1.29, 1.82) is 0 Å². The van der Waals surface area contributed by atoms with Crippen LogP contribution in [0, 0.1) is 0 Å². The second-order valence-electron chi connectivity index (χ2n) is 7.90. The first-order chi connectivity index (χ1) is 17.0. The number of nitrogens with zero attached hydrogens (tertiary/aromatic N) is 1. The molecule has 0 amide bonds. The largest absolute Gasteiger partial charge is 0.573 e. The van der Waals surface area contributed by atoms with Crippen LogP contribution in [0.1, 0.15) is 15.9 Å². The topological polar surface area (TPSA) is 111 Å². The van der Waals surface area contributed by atoms with Crippen LogP contribution in [0.25, 0.3) is 15.8 Å². The van der Waals surface area contributed by atoms with Crippen LogP contribution in [0.4, 0.5) is 11.4 Å². The Labute approximate surface area is 217 Å². The van der Waals surface area contributed by atoms with Crippen molar-refractivity contribution >= 4 is 60.4 Å². The summed E-state index contributed by atoms with van der Waals surface area (Å²) in [5.74, 6) is -0.480.